The van der Waals surface area contributed by atoms with Crippen molar-refractivity contribution < 1.29 is 31.5 Å². The normalized spacial score (nSPS) is 10.7. The van der Waals surface area contributed by atoms with E-state index >= 15 is 0 Å². The van der Waals surface area contributed by atoms with Crippen LogP contribution in [0.4, 0.5) is 0 Å². The first-order chi connectivity index (χ1) is 16.9. The standard InChI is InChI=1S/C21H38N.C10H12O3.ClH/c1-4-5-6-7-8-9-10-11-12-16-19-22(2,3)20-21-17-14-13-15-18-21;1-2-7-13-10(12)8-3-5-9(11)6-4-8;/h13-15,17-18H,4-12,16,19-20H2,1-3H3;3-6,11H,2,7H2,1H3;1H/q+1;;/p-1. The van der Waals surface area contributed by atoms with Gasteiger partial charge in [0.2, 0.25) is 0 Å². The molecule has 0 radical (unpaired) electrons. The molecule has 2 rings (SSSR count). The zero-order chi connectivity index (χ0) is 25.8. The van der Waals surface area contributed by atoms with E-state index in [0.717, 1.165) is 17.4 Å². The van der Waals surface area contributed by atoms with Crippen molar-refractivity contribution in [3.05, 3.63) is 65.7 Å². The summed E-state index contributed by atoms with van der Waals surface area (Å²) in [5.41, 5.74) is 1.92. The van der Waals surface area contributed by atoms with E-state index in [4.69, 9.17) is 9.84 Å². The SMILES string of the molecule is CCCCCCCCCCCC[N+](C)(C)Cc1ccccc1.CCCOC(=O)c1ccc(O)cc1.[Cl-]. The molecule has 0 bridgehead atoms. The van der Waals surface area contributed by atoms with Crippen molar-refractivity contribution in [1.82, 2.24) is 0 Å². The summed E-state index contributed by atoms with van der Waals surface area (Å²) in [5.74, 6) is -0.200. The molecular formula is C31H50ClNO3. The van der Waals surface area contributed by atoms with Crippen LogP contribution < -0.4 is 12.4 Å². The highest BCUT2D eigenvalue weighted by molar-refractivity contribution is 5.89. The smallest absolute Gasteiger partial charge is 0.338 e. The lowest BCUT2D eigenvalue weighted by atomic mass is 10.1. The Morgan fingerprint density at radius 2 is 1.28 bits per heavy atom. The molecule has 36 heavy (non-hydrogen) atoms. The first-order valence-corrected chi connectivity index (χ1v) is 13.7. The number of carbonyl (C=O) groups excluding carboxylic acids is 1. The molecule has 204 valence electrons. The average molecular weight is 520 g/mol. The molecule has 0 fully saturated rings. The number of aromatic hydroxyl groups is 1. The summed E-state index contributed by atoms with van der Waals surface area (Å²) in [6, 6.07) is 16.9. The molecule has 2 aromatic carbocycles. The summed E-state index contributed by atoms with van der Waals surface area (Å²) in [6.07, 6.45) is 15.0. The maximum atomic E-state index is 11.2. The Labute approximate surface area is 227 Å². The number of hydrogen-bond donors (Lipinski definition) is 1. The zero-order valence-electron chi connectivity index (χ0n) is 23.2. The highest BCUT2D eigenvalue weighted by Crippen LogP contribution is 2.14. The monoisotopic (exact) mass is 519 g/mol. The summed E-state index contributed by atoms with van der Waals surface area (Å²) in [7, 11) is 4.72. The van der Waals surface area contributed by atoms with Crippen LogP contribution in [0.25, 0.3) is 0 Å². The second-order valence-electron chi connectivity index (χ2n) is 10.2. The van der Waals surface area contributed by atoms with Crippen molar-refractivity contribution in [1.29, 1.82) is 0 Å². The van der Waals surface area contributed by atoms with Gasteiger partial charge in [-0.15, -0.1) is 0 Å². The zero-order valence-corrected chi connectivity index (χ0v) is 23.9. The number of esters is 1. The highest BCUT2D eigenvalue weighted by atomic mass is 35.5. The van der Waals surface area contributed by atoms with E-state index in [0.29, 0.717) is 12.2 Å². The van der Waals surface area contributed by atoms with Gasteiger partial charge in [-0.25, -0.2) is 4.79 Å². The van der Waals surface area contributed by atoms with Gasteiger partial charge in [0.05, 0.1) is 32.8 Å². The van der Waals surface area contributed by atoms with Gasteiger partial charge in [0.1, 0.15) is 12.3 Å². The number of carbonyl (C=O) groups is 1. The molecule has 0 saturated heterocycles. The van der Waals surface area contributed by atoms with Crippen LogP contribution in [0.3, 0.4) is 0 Å². The van der Waals surface area contributed by atoms with Crippen molar-refractivity contribution in [2.45, 2.75) is 91.0 Å². The maximum absolute atomic E-state index is 11.2. The van der Waals surface area contributed by atoms with E-state index in [1.165, 1.54) is 101 Å². The van der Waals surface area contributed by atoms with Gasteiger partial charge in [-0.3, -0.25) is 0 Å². The van der Waals surface area contributed by atoms with Crippen molar-refractivity contribution in [2.24, 2.45) is 0 Å². The minimum absolute atomic E-state index is 0. The van der Waals surface area contributed by atoms with Gasteiger partial charge in [-0.2, -0.15) is 0 Å². The van der Waals surface area contributed by atoms with Crippen molar-refractivity contribution in [2.75, 3.05) is 27.2 Å². The van der Waals surface area contributed by atoms with Gasteiger partial charge in [0.15, 0.2) is 0 Å². The number of halogens is 1. The second kappa shape index (κ2) is 21.1. The Kier molecular flexibility index (Phi) is 19.9. The Balaban J connectivity index is 0.000000748. The summed E-state index contributed by atoms with van der Waals surface area (Å²) >= 11 is 0. The molecule has 0 heterocycles. The molecule has 0 spiro atoms. The van der Waals surface area contributed by atoms with Crippen LogP contribution in [0.15, 0.2) is 54.6 Å². The number of rotatable bonds is 16. The molecule has 0 unspecified atom stereocenters. The molecule has 4 nitrogen and oxygen atoms in total. The molecule has 0 aromatic heterocycles. The van der Waals surface area contributed by atoms with Crippen LogP contribution in [0.2, 0.25) is 0 Å². The predicted octanol–water partition coefficient (Wildman–Crippen LogP) is 5.15. The van der Waals surface area contributed by atoms with Crippen molar-refractivity contribution in [3.63, 3.8) is 0 Å². The molecule has 5 heteroatoms. The number of phenolic OH excluding ortho intramolecular Hbond substituents is 1. The average Bonchev–Trinajstić information content (AvgIpc) is 2.85. The highest BCUT2D eigenvalue weighted by Gasteiger charge is 2.14. The largest absolute Gasteiger partial charge is 1.00 e. The first-order valence-electron chi connectivity index (χ1n) is 13.7. The quantitative estimate of drug-likeness (QED) is 0.189. The lowest BCUT2D eigenvalue weighted by Crippen LogP contribution is -3.00. The Morgan fingerprint density at radius 1 is 0.750 bits per heavy atom. The van der Waals surface area contributed by atoms with E-state index in [1.54, 1.807) is 0 Å². The van der Waals surface area contributed by atoms with E-state index in [2.05, 4.69) is 51.4 Å². The Bertz CT molecular complexity index is 778. The van der Waals surface area contributed by atoms with Gasteiger partial charge in [0, 0.05) is 5.56 Å². The number of benzene rings is 2. The summed E-state index contributed by atoms with van der Waals surface area (Å²) in [5, 5.41) is 8.96. The third kappa shape index (κ3) is 17.4. The molecule has 0 aliphatic carbocycles. The molecular weight excluding hydrogens is 470 g/mol. The van der Waals surface area contributed by atoms with E-state index < -0.39 is 0 Å². The van der Waals surface area contributed by atoms with Crippen LogP contribution in [0.1, 0.15) is 100 Å². The first kappa shape index (κ1) is 34.0. The van der Waals surface area contributed by atoms with Gasteiger partial charge in [-0.1, -0.05) is 95.5 Å². The van der Waals surface area contributed by atoms with Gasteiger partial charge in [-0.05, 0) is 43.5 Å². The number of nitrogens with zero attached hydrogens (tertiary/aromatic N) is 1. The van der Waals surface area contributed by atoms with Gasteiger partial charge >= 0.3 is 5.97 Å². The number of phenols is 1. The van der Waals surface area contributed by atoms with Crippen LogP contribution in [0.5, 0.6) is 5.75 Å². The van der Waals surface area contributed by atoms with Gasteiger partial charge in [0.25, 0.3) is 0 Å². The van der Waals surface area contributed by atoms with E-state index in [9.17, 15) is 4.79 Å². The number of hydrogen-bond acceptors (Lipinski definition) is 3. The summed E-state index contributed by atoms with van der Waals surface area (Å²) in [4.78, 5) is 11.2. The molecule has 0 saturated carbocycles. The number of unbranched alkanes of at least 4 members (excludes halogenated alkanes) is 9. The predicted molar refractivity (Wildman–Crippen MR) is 148 cm³/mol. The number of quaternary nitrogens is 1. The minimum Gasteiger partial charge on any atom is -1.00 e. The van der Waals surface area contributed by atoms with Crippen LogP contribution in [-0.4, -0.2) is 42.8 Å². The molecule has 0 aliphatic rings. The third-order valence-corrected chi connectivity index (χ3v) is 6.11. The fourth-order valence-corrected chi connectivity index (χ4v) is 4.06. The third-order valence-electron chi connectivity index (χ3n) is 6.11. The van der Waals surface area contributed by atoms with Crippen molar-refractivity contribution >= 4 is 5.97 Å². The molecule has 0 amide bonds. The molecule has 0 aliphatic heterocycles. The molecule has 1 N–H and O–H groups in total. The summed E-state index contributed by atoms with van der Waals surface area (Å²) in [6.45, 7) is 7.10. The minimum atomic E-state index is -0.346. The fourth-order valence-electron chi connectivity index (χ4n) is 4.06. The van der Waals surface area contributed by atoms with E-state index in [-0.39, 0.29) is 24.1 Å². The maximum Gasteiger partial charge on any atom is 0.338 e. The van der Waals surface area contributed by atoms with Crippen LogP contribution >= 0.6 is 0 Å². The van der Waals surface area contributed by atoms with Crippen molar-refractivity contribution in [3.8, 4) is 5.75 Å². The van der Waals surface area contributed by atoms with Crippen LogP contribution in [0, 0.1) is 0 Å². The lowest BCUT2D eigenvalue weighted by Gasteiger charge is -2.30. The molecule has 2 aromatic rings. The summed E-state index contributed by atoms with van der Waals surface area (Å²) < 4.78 is 6.01. The fraction of sp³-hybridized carbons (Fsp3) is 0.581. The topological polar surface area (TPSA) is 46.5 Å². The van der Waals surface area contributed by atoms with Gasteiger partial charge < -0.3 is 26.7 Å². The Morgan fingerprint density at radius 3 is 1.81 bits per heavy atom. The lowest BCUT2D eigenvalue weighted by molar-refractivity contribution is -0.903. The van der Waals surface area contributed by atoms with E-state index in [1.807, 2.05) is 6.92 Å². The molecule has 0 atom stereocenters. The second-order valence-corrected chi connectivity index (χ2v) is 10.2. The Hall–Kier alpha value is -2.04. The van der Waals surface area contributed by atoms with Crippen LogP contribution in [-0.2, 0) is 11.3 Å². The number of ether oxygens (including phenoxy) is 1.